The summed E-state index contributed by atoms with van der Waals surface area (Å²) in [6.07, 6.45) is 6.46. The molecule has 3 rings (SSSR count). The molecule has 160 valence electrons. The third-order valence-corrected chi connectivity index (χ3v) is 5.78. The van der Waals surface area contributed by atoms with Gasteiger partial charge in [-0.1, -0.05) is 44.0 Å². The van der Waals surface area contributed by atoms with Gasteiger partial charge in [-0.3, -0.25) is 14.9 Å². The number of nitrogens with one attached hydrogen (secondary N) is 1. The highest BCUT2D eigenvalue weighted by atomic mass is 16.6. The normalized spacial score (nSPS) is 14.4. The van der Waals surface area contributed by atoms with Gasteiger partial charge in [0.05, 0.1) is 4.92 Å². The number of benzene rings is 2. The molecule has 1 fully saturated rings. The molecule has 1 aliphatic heterocycles. The van der Waals surface area contributed by atoms with Crippen molar-refractivity contribution in [3.05, 3.63) is 75.3 Å². The maximum Gasteiger partial charge on any atom is 0.269 e. The van der Waals surface area contributed by atoms with Crippen LogP contribution in [0.2, 0.25) is 0 Å². The number of piperidine rings is 1. The number of nitro benzene ring substituents is 1. The van der Waals surface area contributed by atoms with E-state index in [2.05, 4.69) is 24.4 Å². The predicted octanol–water partition coefficient (Wildman–Crippen LogP) is 4.72. The van der Waals surface area contributed by atoms with Crippen LogP contribution in [0.15, 0.2) is 48.5 Å². The Morgan fingerprint density at radius 3 is 2.27 bits per heavy atom. The lowest BCUT2D eigenvalue weighted by Gasteiger charge is -2.35. The zero-order chi connectivity index (χ0) is 21.3. The molecule has 0 bridgehead atoms. The van der Waals surface area contributed by atoms with Crippen molar-refractivity contribution in [3.8, 4) is 0 Å². The summed E-state index contributed by atoms with van der Waals surface area (Å²) in [5.74, 6) is 0.0281. The molecule has 0 aliphatic carbocycles. The third kappa shape index (κ3) is 5.89. The fraction of sp³-hybridized carbons (Fsp3) is 0.458. The van der Waals surface area contributed by atoms with Gasteiger partial charge < -0.3 is 10.2 Å². The SMILES string of the molecule is CCCCCc1ccc(C(=O)N(Cc2ccc([N+](=O)[O-])cc2)C2CCNCC2)cc1. The minimum atomic E-state index is -0.401. The van der Waals surface area contributed by atoms with Crippen LogP contribution in [0.25, 0.3) is 0 Å². The van der Waals surface area contributed by atoms with E-state index in [0.717, 1.165) is 37.9 Å². The van der Waals surface area contributed by atoms with Gasteiger partial charge >= 0.3 is 0 Å². The van der Waals surface area contributed by atoms with E-state index in [1.54, 1.807) is 12.1 Å². The number of rotatable bonds is 9. The smallest absolute Gasteiger partial charge is 0.269 e. The molecule has 2 aromatic carbocycles. The number of carbonyl (C=O) groups excluding carboxylic acids is 1. The Bertz CT molecular complexity index is 828. The highest BCUT2D eigenvalue weighted by Gasteiger charge is 2.26. The first-order valence-electron chi connectivity index (χ1n) is 10.9. The van der Waals surface area contributed by atoms with Crippen LogP contribution >= 0.6 is 0 Å². The number of nitrogens with zero attached hydrogens (tertiary/aromatic N) is 2. The van der Waals surface area contributed by atoms with Crippen molar-refractivity contribution in [2.45, 2.75) is 58.0 Å². The van der Waals surface area contributed by atoms with Crippen LogP contribution in [0, 0.1) is 10.1 Å². The number of aryl methyl sites for hydroxylation is 1. The maximum atomic E-state index is 13.4. The summed E-state index contributed by atoms with van der Waals surface area (Å²) in [5, 5.41) is 14.3. The average molecular weight is 410 g/mol. The van der Waals surface area contributed by atoms with Crippen LogP contribution in [-0.4, -0.2) is 34.9 Å². The molecule has 6 heteroatoms. The standard InChI is InChI=1S/C24H31N3O3/c1-2-3-4-5-19-6-10-21(11-7-19)24(28)26(22-14-16-25-17-15-22)18-20-8-12-23(13-9-20)27(29)30/h6-13,22,25H,2-5,14-18H2,1H3. The van der Waals surface area contributed by atoms with Crippen LogP contribution in [0.4, 0.5) is 5.69 Å². The minimum absolute atomic E-state index is 0.0281. The van der Waals surface area contributed by atoms with Crippen LogP contribution < -0.4 is 5.32 Å². The number of hydrogen-bond acceptors (Lipinski definition) is 4. The van der Waals surface area contributed by atoms with Crippen molar-refractivity contribution in [2.75, 3.05) is 13.1 Å². The van der Waals surface area contributed by atoms with Crippen molar-refractivity contribution in [3.63, 3.8) is 0 Å². The second-order valence-electron chi connectivity index (χ2n) is 7.99. The monoisotopic (exact) mass is 409 g/mol. The minimum Gasteiger partial charge on any atom is -0.331 e. The Hall–Kier alpha value is -2.73. The molecule has 0 aromatic heterocycles. The first-order valence-corrected chi connectivity index (χ1v) is 10.9. The number of nitro groups is 1. The number of unbranched alkanes of at least 4 members (excludes halogenated alkanes) is 2. The summed E-state index contributed by atoms with van der Waals surface area (Å²) in [4.78, 5) is 25.8. The lowest BCUT2D eigenvalue weighted by Crippen LogP contribution is -2.45. The van der Waals surface area contributed by atoms with Crippen LogP contribution in [0.3, 0.4) is 0 Å². The number of amides is 1. The fourth-order valence-corrected chi connectivity index (χ4v) is 3.96. The van der Waals surface area contributed by atoms with Crippen molar-refractivity contribution < 1.29 is 9.72 Å². The highest BCUT2D eigenvalue weighted by Crippen LogP contribution is 2.21. The van der Waals surface area contributed by atoms with Crippen LogP contribution in [-0.2, 0) is 13.0 Å². The third-order valence-electron chi connectivity index (χ3n) is 5.78. The molecule has 0 radical (unpaired) electrons. The van der Waals surface area contributed by atoms with Gasteiger partial charge in [-0.25, -0.2) is 0 Å². The summed E-state index contributed by atoms with van der Waals surface area (Å²) >= 11 is 0. The maximum absolute atomic E-state index is 13.4. The van der Waals surface area contributed by atoms with Gasteiger partial charge in [0.15, 0.2) is 0 Å². The average Bonchev–Trinajstić information content (AvgIpc) is 2.78. The molecule has 1 amide bonds. The molecule has 6 nitrogen and oxygen atoms in total. The second-order valence-corrected chi connectivity index (χ2v) is 7.99. The molecule has 0 spiro atoms. The van der Waals surface area contributed by atoms with E-state index in [0.29, 0.717) is 12.1 Å². The molecule has 1 aliphatic rings. The Morgan fingerprint density at radius 1 is 1.03 bits per heavy atom. The molecule has 0 unspecified atom stereocenters. The molecular formula is C24H31N3O3. The molecule has 1 saturated heterocycles. The van der Waals surface area contributed by atoms with Crippen LogP contribution in [0.1, 0.15) is 60.5 Å². The van der Waals surface area contributed by atoms with Gasteiger partial charge in [-0.2, -0.15) is 0 Å². The van der Waals surface area contributed by atoms with Gasteiger partial charge in [-0.15, -0.1) is 0 Å². The van der Waals surface area contributed by atoms with E-state index < -0.39 is 4.92 Å². The first kappa shape index (κ1) is 22.0. The lowest BCUT2D eigenvalue weighted by atomic mass is 10.0. The fourth-order valence-electron chi connectivity index (χ4n) is 3.96. The summed E-state index contributed by atoms with van der Waals surface area (Å²) in [6.45, 7) is 4.44. The first-order chi connectivity index (χ1) is 14.6. The lowest BCUT2D eigenvalue weighted by molar-refractivity contribution is -0.384. The molecule has 30 heavy (non-hydrogen) atoms. The van der Waals surface area contributed by atoms with Gasteiger partial charge in [0.2, 0.25) is 0 Å². The summed E-state index contributed by atoms with van der Waals surface area (Å²) in [6, 6.07) is 14.7. The second kappa shape index (κ2) is 10.9. The molecular weight excluding hydrogens is 378 g/mol. The van der Waals surface area contributed by atoms with Crippen molar-refractivity contribution in [1.29, 1.82) is 0 Å². The molecule has 0 atom stereocenters. The molecule has 2 aromatic rings. The summed E-state index contributed by atoms with van der Waals surface area (Å²) in [5.41, 5.74) is 2.94. The summed E-state index contributed by atoms with van der Waals surface area (Å²) in [7, 11) is 0. The van der Waals surface area contributed by atoms with Gasteiger partial charge in [-0.05, 0) is 62.0 Å². The number of carbonyl (C=O) groups is 1. The van der Waals surface area contributed by atoms with E-state index in [1.807, 2.05) is 17.0 Å². The zero-order valence-corrected chi connectivity index (χ0v) is 17.7. The molecule has 1 heterocycles. The highest BCUT2D eigenvalue weighted by molar-refractivity contribution is 5.94. The van der Waals surface area contributed by atoms with Crippen molar-refractivity contribution >= 4 is 11.6 Å². The summed E-state index contributed by atoms with van der Waals surface area (Å²) < 4.78 is 0. The Balaban J connectivity index is 1.75. The Labute approximate surface area is 178 Å². The predicted molar refractivity (Wildman–Crippen MR) is 119 cm³/mol. The quantitative estimate of drug-likeness (QED) is 0.369. The zero-order valence-electron chi connectivity index (χ0n) is 17.7. The number of hydrogen-bond donors (Lipinski definition) is 1. The van der Waals surface area contributed by atoms with E-state index in [-0.39, 0.29) is 17.6 Å². The number of non-ortho nitro benzene ring substituents is 1. The van der Waals surface area contributed by atoms with E-state index in [4.69, 9.17) is 0 Å². The van der Waals surface area contributed by atoms with Gasteiger partial charge in [0.1, 0.15) is 0 Å². The van der Waals surface area contributed by atoms with E-state index in [9.17, 15) is 14.9 Å². The van der Waals surface area contributed by atoms with Crippen molar-refractivity contribution in [2.24, 2.45) is 0 Å². The molecule has 0 saturated carbocycles. The Kier molecular flexibility index (Phi) is 7.97. The topological polar surface area (TPSA) is 75.5 Å². The van der Waals surface area contributed by atoms with Crippen LogP contribution in [0.5, 0.6) is 0 Å². The molecule has 1 N–H and O–H groups in total. The van der Waals surface area contributed by atoms with Crippen molar-refractivity contribution in [1.82, 2.24) is 10.2 Å². The van der Waals surface area contributed by atoms with E-state index in [1.165, 1.54) is 37.0 Å². The van der Waals surface area contributed by atoms with E-state index >= 15 is 0 Å². The van der Waals surface area contributed by atoms with Gasteiger partial charge in [0.25, 0.3) is 11.6 Å². The Morgan fingerprint density at radius 2 is 1.67 bits per heavy atom. The largest absolute Gasteiger partial charge is 0.331 e. The van der Waals surface area contributed by atoms with Gasteiger partial charge in [0, 0.05) is 30.3 Å².